The Kier molecular flexibility index (Phi) is 6.75. The van der Waals surface area contributed by atoms with Crippen LogP contribution in [0.4, 0.5) is 5.69 Å². The van der Waals surface area contributed by atoms with Crippen molar-refractivity contribution in [3.8, 4) is 22.6 Å². The Balaban J connectivity index is 1.46. The van der Waals surface area contributed by atoms with Crippen molar-refractivity contribution in [2.24, 2.45) is 0 Å². The van der Waals surface area contributed by atoms with Gasteiger partial charge < -0.3 is 14.8 Å². The molecule has 0 bridgehead atoms. The van der Waals surface area contributed by atoms with Gasteiger partial charge in [-0.3, -0.25) is 9.78 Å². The number of anilines is 1. The predicted octanol–water partition coefficient (Wildman–Crippen LogP) is 5.72. The first-order chi connectivity index (χ1) is 16.1. The van der Waals surface area contributed by atoms with Crippen molar-refractivity contribution in [1.29, 1.82) is 0 Å². The van der Waals surface area contributed by atoms with E-state index < -0.39 is 18.0 Å². The minimum absolute atomic E-state index is 0.214. The van der Waals surface area contributed by atoms with Gasteiger partial charge in [-0.25, -0.2) is 4.79 Å². The van der Waals surface area contributed by atoms with Crippen LogP contribution >= 0.6 is 0 Å². The maximum Gasteiger partial charge on any atom is 0.342 e. The van der Waals surface area contributed by atoms with Gasteiger partial charge in [-0.1, -0.05) is 60.7 Å². The van der Waals surface area contributed by atoms with Crippen LogP contribution in [0, 0.1) is 0 Å². The van der Waals surface area contributed by atoms with Crippen LogP contribution in [0.2, 0.25) is 0 Å². The van der Waals surface area contributed by atoms with E-state index in [-0.39, 0.29) is 5.56 Å². The number of nitrogens with one attached hydrogen (secondary N) is 1. The maximum absolute atomic E-state index is 12.8. The summed E-state index contributed by atoms with van der Waals surface area (Å²) in [6.45, 7) is 1.53. The number of hydrogen-bond donors (Lipinski definition) is 1. The maximum atomic E-state index is 12.8. The molecule has 0 saturated heterocycles. The summed E-state index contributed by atoms with van der Waals surface area (Å²) >= 11 is 0. The molecule has 6 nitrogen and oxygen atoms in total. The zero-order valence-corrected chi connectivity index (χ0v) is 18.0. The Morgan fingerprint density at radius 3 is 2.36 bits per heavy atom. The summed E-state index contributed by atoms with van der Waals surface area (Å²) in [5.74, 6) is -0.288. The molecular weight excluding hydrogens is 416 g/mol. The third-order valence-electron chi connectivity index (χ3n) is 4.89. The van der Waals surface area contributed by atoms with Gasteiger partial charge in [0.1, 0.15) is 17.1 Å². The number of hydrogen-bond acceptors (Lipinski definition) is 5. The first kappa shape index (κ1) is 21.8. The largest absolute Gasteiger partial charge is 0.455 e. The number of ether oxygens (including phenoxy) is 2. The summed E-state index contributed by atoms with van der Waals surface area (Å²) in [5.41, 5.74) is 2.70. The molecule has 0 radical (unpaired) electrons. The molecule has 33 heavy (non-hydrogen) atoms. The molecule has 1 aromatic heterocycles. The molecule has 0 aliphatic carbocycles. The van der Waals surface area contributed by atoms with Crippen LogP contribution in [0.25, 0.3) is 11.1 Å². The van der Waals surface area contributed by atoms with E-state index in [2.05, 4.69) is 10.3 Å². The highest BCUT2D eigenvalue weighted by Gasteiger charge is 2.22. The van der Waals surface area contributed by atoms with Crippen molar-refractivity contribution in [1.82, 2.24) is 4.98 Å². The fourth-order valence-electron chi connectivity index (χ4n) is 3.23. The van der Waals surface area contributed by atoms with Crippen LogP contribution in [0.1, 0.15) is 17.3 Å². The Morgan fingerprint density at radius 1 is 0.848 bits per heavy atom. The number of esters is 1. The average Bonchev–Trinajstić information content (AvgIpc) is 2.86. The average molecular weight is 438 g/mol. The number of carbonyl (C=O) groups is 2. The molecule has 0 aliphatic rings. The lowest BCUT2D eigenvalue weighted by molar-refractivity contribution is -0.123. The van der Waals surface area contributed by atoms with Gasteiger partial charge in [-0.05, 0) is 42.8 Å². The second kappa shape index (κ2) is 10.2. The van der Waals surface area contributed by atoms with E-state index in [1.807, 2.05) is 54.6 Å². The minimum atomic E-state index is -1.02. The number of rotatable bonds is 7. The lowest BCUT2D eigenvalue weighted by Gasteiger charge is -2.17. The molecule has 1 atom stereocenters. The zero-order valence-electron chi connectivity index (χ0n) is 18.0. The number of pyridine rings is 1. The summed E-state index contributed by atoms with van der Waals surface area (Å²) in [5, 5.41) is 2.86. The molecule has 0 aliphatic heterocycles. The normalized spacial score (nSPS) is 11.3. The SMILES string of the molecule is CC(OC(=O)c1ccccc1Oc1cccnc1)C(=O)Nc1ccccc1-c1ccccc1. The van der Waals surface area contributed by atoms with E-state index in [1.165, 1.54) is 6.92 Å². The minimum Gasteiger partial charge on any atom is -0.455 e. The first-order valence-electron chi connectivity index (χ1n) is 10.4. The predicted molar refractivity (Wildman–Crippen MR) is 126 cm³/mol. The number of amides is 1. The fraction of sp³-hybridized carbons (Fsp3) is 0.0741. The van der Waals surface area contributed by atoms with Crippen LogP contribution in [0.15, 0.2) is 103 Å². The highest BCUT2D eigenvalue weighted by Crippen LogP contribution is 2.28. The zero-order chi connectivity index (χ0) is 23.0. The van der Waals surface area contributed by atoms with Gasteiger partial charge in [0.15, 0.2) is 6.10 Å². The smallest absolute Gasteiger partial charge is 0.342 e. The molecule has 6 heteroatoms. The second-order valence-electron chi connectivity index (χ2n) is 7.24. The summed E-state index contributed by atoms with van der Waals surface area (Å²) in [6.07, 6.45) is 2.15. The van der Waals surface area contributed by atoms with E-state index in [0.29, 0.717) is 17.2 Å². The van der Waals surface area contributed by atoms with Gasteiger partial charge in [-0.2, -0.15) is 0 Å². The third kappa shape index (κ3) is 5.43. The lowest BCUT2D eigenvalue weighted by Crippen LogP contribution is -2.30. The molecule has 1 N–H and O–H groups in total. The van der Waals surface area contributed by atoms with Crippen LogP contribution < -0.4 is 10.1 Å². The van der Waals surface area contributed by atoms with Crippen LogP contribution in [0.3, 0.4) is 0 Å². The Labute approximate surface area is 191 Å². The molecule has 0 saturated carbocycles. The number of para-hydroxylation sites is 2. The molecule has 164 valence electrons. The van der Waals surface area contributed by atoms with Gasteiger partial charge in [0.2, 0.25) is 0 Å². The molecule has 4 aromatic rings. The van der Waals surface area contributed by atoms with Crippen LogP contribution in [-0.2, 0) is 9.53 Å². The third-order valence-corrected chi connectivity index (χ3v) is 4.89. The fourth-order valence-corrected chi connectivity index (χ4v) is 3.23. The molecule has 4 rings (SSSR count). The van der Waals surface area contributed by atoms with Crippen molar-refractivity contribution < 1.29 is 19.1 Å². The van der Waals surface area contributed by atoms with Crippen molar-refractivity contribution in [3.05, 3.63) is 109 Å². The van der Waals surface area contributed by atoms with Gasteiger partial charge in [0.25, 0.3) is 5.91 Å². The molecule has 1 heterocycles. The van der Waals surface area contributed by atoms with E-state index in [4.69, 9.17) is 9.47 Å². The molecular formula is C27H22N2O4. The van der Waals surface area contributed by atoms with E-state index in [1.54, 1.807) is 48.8 Å². The summed E-state index contributed by atoms with van der Waals surface area (Å²) in [4.78, 5) is 29.6. The van der Waals surface area contributed by atoms with Crippen molar-refractivity contribution in [2.75, 3.05) is 5.32 Å². The van der Waals surface area contributed by atoms with Crippen molar-refractivity contribution >= 4 is 17.6 Å². The van der Waals surface area contributed by atoms with Crippen LogP contribution in [-0.4, -0.2) is 23.0 Å². The van der Waals surface area contributed by atoms with Crippen molar-refractivity contribution in [2.45, 2.75) is 13.0 Å². The van der Waals surface area contributed by atoms with Gasteiger partial charge in [0.05, 0.1) is 6.20 Å². The number of nitrogens with zero attached hydrogens (tertiary/aromatic N) is 1. The first-order valence-corrected chi connectivity index (χ1v) is 10.4. The summed E-state index contributed by atoms with van der Waals surface area (Å²) in [6, 6.07) is 27.4. The highest BCUT2D eigenvalue weighted by atomic mass is 16.5. The van der Waals surface area contributed by atoms with Gasteiger partial charge in [0, 0.05) is 17.4 Å². The molecule has 0 fully saturated rings. The second-order valence-corrected chi connectivity index (χ2v) is 7.24. The topological polar surface area (TPSA) is 77.5 Å². The number of aromatic nitrogens is 1. The van der Waals surface area contributed by atoms with Gasteiger partial charge >= 0.3 is 5.97 Å². The quantitative estimate of drug-likeness (QED) is 0.373. The van der Waals surface area contributed by atoms with Crippen LogP contribution in [0.5, 0.6) is 11.5 Å². The number of carbonyl (C=O) groups excluding carboxylic acids is 2. The molecule has 0 spiro atoms. The Hall–Kier alpha value is -4.45. The molecule has 1 unspecified atom stereocenters. The Morgan fingerprint density at radius 2 is 1.58 bits per heavy atom. The highest BCUT2D eigenvalue weighted by molar-refractivity contribution is 6.00. The Bertz CT molecular complexity index is 1240. The molecule has 3 aromatic carbocycles. The summed E-state index contributed by atoms with van der Waals surface area (Å²) in [7, 11) is 0. The monoisotopic (exact) mass is 438 g/mol. The molecule has 1 amide bonds. The number of benzene rings is 3. The van der Waals surface area contributed by atoms with Gasteiger partial charge in [-0.15, -0.1) is 0 Å². The standard InChI is InChI=1S/C27H22N2O4/c1-19(26(30)29-24-15-7-5-13-22(24)20-10-3-2-4-11-20)32-27(31)23-14-6-8-16-25(23)33-21-12-9-17-28-18-21/h2-19H,1H3,(H,29,30). The lowest BCUT2D eigenvalue weighted by atomic mass is 10.0. The van der Waals surface area contributed by atoms with E-state index >= 15 is 0 Å². The van der Waals surface area contributed by atoms with E-state index in [9.17, 15) is 9.59 Å². The van der Waals surface area contributed by atoms with E-state index in [0.717, 1.165) is 11.1 Å². The van der Waals surface area contributed by atoms with Crippen molar-refractivity contribution in [3.63, 3.8) is 0 Å². The summed E-state index contributed by atoms with van der Waals surface area (Å²) < 4.78 is 11.2.